The fourth-order valence-corrected chi connectivity index (χ4v) is 3.70. The van der Waals surface area contributed by atoms with Gasteiger partial charge in [-0.25, -0.2) is 4.98 Å². The van der Waals surface area contributed by atoms with Crippen molar-refractivity contribution < 1.29 is 14.7 Å². The van der Waals surface area contributed by atoms with E-state index < -0.39 is 0 Å². The van der Waals surface area contributed by atoms with Crippen molar-refractivity contribution in [2.24, 2.45) is 0 Å². The molecule has 0 radical (unpaired) electrons. The lowest BCUT2D eigenvalue weighted by Crippen LogP contribution is -2.30. The van der Waals surface area contributed by atoms with Crippen LogP contribution in [0, 0.1) is 0 Å². The summed E-state index contributed by atoms with van der Waals surface area (Å²) in [6, 6.07) is 7.91. The molecule has 8 heteroatoms. The number of imidazole rings is 1. The molecule has 1 aromatic heterocycles. The van der Waals surface area contributed by atoms with Gasteiger partial charge in [-0.2, -0.15) is 0 Å². The number of fused-ring (bicyclic) bond motifs is 1. The fraction of sp³-hybridized carbons (Fsp3) is 0.353. The zero-order valence-electron chi connectivity index (χ0n) is 13.9. The number of thioether (sulfide) groups is 1. The Morgan fingerprint density at radius 3 is 2.92 bits per heavy atom. The van der Waals surface area contributed by atoms with E-state index in [1.165, 1.54) is 23.5 Å². The molecular formula is C17H20N4O3S. The Balaban J connectivity index is 1.69. The number of benzene rings is 1. The van der Waals surface area contributed by atoms with Gasteiger partial charge in [0.2, 0.25) is 11.8 Å². The Morgan fingerprint density at radius 1 is 1.36 bits per heavy atom. The van der Waals surface area contributed by atoms with E-state index in [0.717, 1.165) is 12.1 Å². The van der Waals surface area contributed by atoms with E-state index in [0.29, 0.717) is 17.4 Å². The largest absolute Gasteiger partial charge is 0.390 e. The molecule has 0 fully saturated rings. The van der Waals surface area contributed by atoms with Crippen LogP contribution in [-0.2, 0) is 29.2 Å². The van der Waals surface area contributed by atoms with E-state index in [2.05, 4.69) is 10.3 Å². The summed E-state index contributed by atoms with van der Waals surface area (Å²) < 4.78 is 1.63. The summed E-state index contributed by atoms with van der Waals surface area (Å²) in [7, 11) is 1.55. The summed E-state index contributed by atoms with van der Waals surface area (Å²) >= 11 is 1.27. The number of anilines is 1. The quantitative estimate of drug-likeness (QED) is 0.744. The molecule has 1 aromatic carbocycles. The summed E-state index contributed by atoms with van der Waals surface area (Å²) in [6.45, 7) is 0.542. The average Bonchev–Trinajstić information content (AvgIpc) is 3.23. The van der Waals surface area contributed by atoms with Gasteiger partial charge in [0.25, 0.3) is 0 Å². The molecule has 2 heterocycles. The van der Waals surface area contributed by atoms with Crippen LogP contribution in [0.3, 0.4) is 0 Å². The molecule has 0 unspecified atom stereocenters. The highest BCUT2D eigenvalue weighted by Crippen LogP contribution is 2.29. The highest BCUT2D eigenvalue weighted by molar-refractivity contribution is 7.99. The van der Waals surface area contributed by atoms with Gasteiger partial charge in [0.1, 0.15) is 6.54 Å². The number of rotatable bonds is 6. The van der Waals surface area contributed by atoms with Gasteiger partial charge >= 0.3 is 0 Å². The molecule has 2 aromatic rings. The third-order valence-corrected chi connectivity index (χ3v) is 5.13. The van der Waals surface area contributed by atoms with Crippen LogP contribution >= 0.6 is 11.8 Å². The maximum absolute atomic E-state index is 12.6. The summed E-state index contributed by atoms with van der Waals surface area (Å²) in [5.41, 5.74) is 2.70. The molecule has 0 atom stereocenters. The monoisotopic (exact) mass is 360 g/mol. The molecule has 0 aliphatic carbocycles. The maximum Gasteiger partial charge on any atom is 0.239 e. The number of aromatic nitrogens is 2. The van der Waals surface area contributed by atoms with Gasteiger partial charge in [-0.15, -0.1) is 0 Å². The van der Waals surface area contributed by atoms with Crippen LogP contribution in [0.2, 0.25) is 0 Å². The van der Waals surface area contributed by atoms with Gasteiger partial charge in [-0.3, -0.25) is 9.59 Å². The van der Waals surface area contributed by atoms with E-state index >= 15 is 0 Å². The average molecular weight is 360 g/mol. The first-order chi connectivity index (χ1) is 12.1. The van der Waals surface area contributed by atoms with E-state index in [-0.39, 0.29) is 30.7 Å². The number of amides is 2. The SMILES string of the molecule is CNC(=O)Cn1c(CO)cnc1SCC(=O)N1CCc2ccccc21. The van der Waals surface area contributed by atoms with Crippen LogP contribution in [0.15, 0.2) is 35.6 Å². The molecule has 0 saturated carbocycles. The molecule has 0 bridgehead atoms. The minimum Gasteiger partial charge on any atom is -0.390 e. The lowest BCUT2D eigenvalue weighted by Gasteiger charge is -2.17. The van der Waals surface area contributed by atoms with E-state index in [1.54, 1.807) is 16.5 Å². The van der Waals surface area contributed by atoms with Crippen LogP contribution in [-0.4, -0.2) is 45.8 Å². The van der Waals surface area contributed by atoms with Crippen molar-refractivity contribution in [3.8, 4) is 0 Å². The predicted molar refractivity (Wildman–Crippen MR) is 95.4 cm³/mol. The molecule has 1 aliphatic rings. The van der Waals surface area contributed by atoms with Crippen LogP contribution in [0.4, 0.5) is 5.69 Å². The number of hydrogen-bond donors (Lipinski definition) is 2. The van der Waals surface area contributed by atoms with Gasteiger partial charge in [0.15, 0.2) is 5.16 Å². The highest BCUT2D eigenvalue weighted by atomic mass is 32.2. The molecule has 2 amide bonds. The normalized spacial score (nSPS) is 13.0. The molecule has 0 spiro atoms. The standard InChI is InChI=1S/C17H20N4O3S/c1-18-15(23)9-21-13(10-22)8-19-17(21)25-11-16(24)20-7-6-12-4-2-3-5-14(12)20/h2-5,8,22H,6-7,9-11H2,1H3,(H,18,23). The number of aliphatic hydroxyl groups excluding tert-OH is 1. The number of likely N-dealkylation sites (N-methyl/N-ethyl adjacent to an activating group) is 1. The molecule has 0 saturated heterocycles. The van der Waals surface area contributed by atoms with Gasteiger partial charge < -0.3 is 19.9 Å². The Hall–Kier alpha value is -2.32. The highest BCUT2D eigenvalue weighted by Gasteiger charge is 2.24. The Bertz CT molecular complexity index is 790. The minimum atomic E-state index is -0.210. The third kappa shape index (κ3) is 3.69. The lowest BCUT2D eigenvalue weighted by molar-refractivity contribution is -0.121. The van der Waals surface area contributed by atoms with Crippen molar-refractivity contribution >= 4 is 29.3 Å². The Labute approximate surface area is 150 Å². The second-order valence-electron chi connectivity index (χ2n) is 5.66. The van der Waals surface area contributed by atoms with Crippen molar-refractivity contribution in [1.82, 2.24) is 14.9 Å². The van der Waals surface area contributed by atoms with Gasteiger partial charge in [-0.1, -0.05) is 30.0 Å². The van der Waals surface area contributed by atoms with Crippen LogP contribution in [0.1, 0.15) is 11.3 Å². The molecule has 25 heavy (non-hydrogen) atoms. The number of hydrogen-bond acceptors (Lipinski definition) is 5. The summed E-state index contributed by atoms with van der Waals surface area (Å²) in [5, 5.41) is 12.5. The first kappa shape index (κ1) is 17.5. The van der Waals surface area contributed by atoms with Crippen molar-refractivity contribution in [2.75, 3.05) is 24.2 Å². The van der Waals surface area contributed by atoms with Crippen molar-refractivity contribution in [3.63, 3.8) is 0 Å². The number of carbonyl (C=O) groups is 2. The van der Waals surface area contributed by atoms with Gasteiger partial charge in [-0.05, 0) is 18.1 Å². The summed E-state index contributed by atoms with van der Waals surface area (Å²) in [6.07, 6.45) is 2.40. The van der Waals surface area contributed by atoms with Crippen LogP contribution in [0.5, 0.6) is 0 Å². The van der Waals surface area contributed by atoms with Crippen LogP contribution < -0.4 is 10.2 Å². The molecule has 7 nitrogen and oxygen atoms in total. The topological polar surface area (TPSA) is 87.5 Å². The second kappa shape index (κ2) is 7.71. The number of nitrogens with zero attached hydrogens (tertiary/aromatic N) is 3. The van der Waals surface area contributed by atoms with E-state index in [1.807, 2.05) is 24.3 Å². The van der Waals surface area contributed by atoms with Crippen molar-refractivity contribution in [3.05, 3.63) is 41.7 Å². The zero-order chi connectivity index (χ0) is 17.8. The van der Waals surface area contributed by atoms with Crippen LogP contribution in [0.25, 0.3) is 0 Å². The molecule has 3 rings (SSSR count). The van der Waals surface area contributed by atoms with E-state index in [9.17, 15) is 14.7 Å². The number of carbonyl (C=O) groups excluding carboxylic acids is 2. The molecular weight excluding hydrogens is 340 g/mol. The molecule has 1 aliphatic heterocycles. The predicted octanol–water partition coefficient (Wildman–Crippen LogP) is 0.803. The summed E-state index contributed by atoms with van der Waals surface area (Å²) in [5.74, 6) is 0.0496. The van der Waals surface area contributed by atoms with Gasteiger partial charge in [0.05, 0.1) is 24.3 Å². The molecule has 132 valence electrons. The first-order valence-corrected chi connectivity index (χ1v) is 8.99. The Morgan fingerprint density at radius 2 is 2.16 bits per heavy atom. The molecule has 2 N–H and O–H groups in total. The van der Waals surface area contributed by atoms with Crippen molar-refractivity contribution in [2.45, 2.75) is 24.7 Å². The first-order valence-electron chi connectivity index (χ1n) is 8.01. The summed E-state index contributed by atoms with van der Waals surface area (Å²) in [4.78, 5) is 30.3. The second-order valence-corrected chi connectivity index (χ2v) is 6.60. The number of para-hydroxylation sites is 1. The Kier molecular flexibility index (Phi) is 5.40. The smallest absolute Gasteiger partial charge is 0.239 e. The fourth-order valence-electron chi connectivity index (χ4n) is 2.83. The zero-order valence-corrected chi connectivity index (χ0v) is 14.8. The van der Waals surface area contributed by atoms with E-state index in [4.69, 9.17) is 0 Å². The van der Waals surface area contributed by atoms with Gasteiger partial charge in [0, 0.05) is 19.3 Å². The number of aliphatic hydroxyl groups is 1. The third-order valence-electron chi connectivity index (χ3n) is 4.16. The number of nitrogens with one attached hydrogen (secondary N) is 1. The lowest BCUT2D eigenvalue weighted by atomic mass is 10.2. The maximum atomic E-state index is 12.6. The minimum absolute atomic E-state index is 0.00925. The van der Waals surface area contributed by atoms with Crippen molar-refractivity contribution in [1.29, 1.82) is 0 Å².